The molecule has 2 rings (SSSR count). The van der Waals surface area contributed by atoms with Gasteiger partial charge in [-0.3, -0.25) is 4.72 Å². The van der Waals surface area contributed by atoms with E-state index >= 15 is 0 Å². The highest BCUT2D eigenvalue weighted by molar-refractivity contribution is 9.10. The lowest BCUT2D eigenvalue weighted by Crippen LogP contribution is -2.15. The molecule has 0 fully saturated rings. The predicted octanol–water partition coefficient (Wildman–Crippen LogP) is 4.47. The molecule has 0 aliphatic carbocycles. The maximum Gasteiger partial charge on any atom is 0.340 e. The summed E-state index contributed by atoms with van der Waals surface area (Å²) in [6, 6.07) is 0. The first kappa shape index (κ1) is 17.0. The van der Waals surface area contributed by atoms with E-state index in [-0.39, 0.29) is 29.3 Å². The highest BCUT2D eigenvalue weighted by Gasteiger charge is 2.28. The third-order valence-corrected chi connectivity index (χ3v) is 7.88. The number of hydrogen-bond acceptors (Lipinski definition) is 6. The highest BCUT2D eigenvalue weighted by Crippen LogP contribution is 2.43. The zero-order valence-corrected chi connectivity index (χ0v) is 15.7. The minimum atomic E-state index is -3.99. The van der Waals surface area contributed by atoms with Crippen LogP contribution in [0.4, 0.5) is 5.69 Å². The molecule has 0 aliphatic rings. The number of carbonyl (C=O) groups excluding carboxylic acids is 1. The minimum Gasteiger partial charge on any atom is -0.465 e. The molecule has 0 radical (unpaired) electrons. The van der Waals surface area contributed by atoms with Gasteiger partial charge in [0, 0.05) is 10.8 Å². The second kappa shape index (κ2) is 6.43. The molecular formula is C10H6BrCl2NO4S3. The Hall–Kier alpha value is -0.320. The second-order valence-electron chi connectivity index (χ2n) is 3.59. The van der Waals surface area contributed by atoms with Crippen LogP contribution < -0.4 is 4.72 Å². The third kappa shape index (κ3) is 3.38. The molecule has 2 aromatic rings. The summed E-state index contributed by atoms with van der Waals surface area (Å²) in [6.07, 6.45) is 0. The average Bonchev–Trinajstić information content (AvgIpc) is 2.93. The molecule has 0 aromatic carbocycles. The Bertz CT molecular complexity index is 799. The molecule has 0 saturated carbocycles. The van der Waals surface area contributed by atoms with Crippen LogP contribution in [0, 0.1) is 0 Å². The summed E-state index contributed by atoms with van der Waals surface area (Å²) >= 11 is 16.9. The lowest BCUT2D eigenvalue weighted by Gasteiger charge is -2.08. The topological polar surface area (TPSA) is 72.5 Å². The van der Waals surface area contributed by atoms with Crippen LogP contribution in [-0.2, 0) is 14.8 Å². The van der Waals surface area contributed by atoms with E-state index in [2.05, 4.69) is 25.4 Å². The molecule has 21 heavy (non-hydrogen) atoms. The summed E-state index contributed by atoms with van der Waals surface area (Å²) in [5.74, 6) is -0.637. The lowest BCUT2D eigenvalue weighted by molar-refractivity contribution is 0.0602. The molecule has 0 aliphatic heterocycles. The van der Waals surface area contributed by atoms with Crippen LogP contribution in [0.25, 0.3) is 0 Å². The number of thiophene rings is 2. The Morgan fingerprint density at radius 3 is 2.52 bits per heavy atom. The summed E-state index contributed by atoms with van der Waals surface area (Å²) in [5, 5.41) is 2.97. The number of halogens is 3. The van der Waals surface area contributed by atoms with Crippen LogP contribution in [0.15, 0.2) is 20.1 Å². The Morgan fingerprint density at radius 2 is 2.00 bits per heavy atom. The van der Waals surface area contributed by atoms with Crippen molar-refractivity contribution in [2.45, 2.75) is 4.90 Å². The second-order valence-corrected chi connectivity index (χ2v) is 8.97. The number of esters is 1. The molecule has 114 valence electrons. The number of rotatable bonds is 4. The molecule has 0 saturated heterocycles. The summed E-state index contributed by atoms with van der Waals surface area (Å²) in [5.41, 5.74) is 0.247. The fraction of sp³-hybridized carbons (Fsp3) is 0.100. The normalized spacial score (nSPS) is 11.4. The zero-order chi connectivity index (χ0) is 15.8. The molecule has 2 heterocycles. The number of carbonyl (C=O) groups is 1. The van der Waals surface area contributed by atoms with Gasteiger partial charge >= 0.3 is 5.97 Å². The Balaban J connectivity index is 2.43. The van der Waals surface area contributed by atoms with Crippen molar-refractivity contribution < 1.29 is 17.9 Å². The first-order valence-corrected chi connectivity index (χ1v) is 9.87. The van der Waals surface area contributed by atoms with Crippen molar-refractivity contribution in [3.8, 4) is 0 Å². The number of ether oxygens (including phenoxy) is 1. The fourth-order valence-electron chi connectivity index (χ4n) is 1.41. The van der Waals surface area contributed by atoms with Crippen molar-refractivity contribution in [3.05, 3.63) is 29.5 Å². The van der Waals surface area contributed by atoms with Crippen LogP contribution in [-0.4, -0.2) is 21.5 Å². The van der Waals surface area contributed by atoms with Crippen LogP contribution in [0.2, 0.25) is 8.67 Å². The van der Waals surface area contributed by atoms with Crippen molar-refractivity contribution in [3.63, 3.8) is 0 Å². The van der Waals surface area contributed by atoms with Gasteiger partial charge in [0.05, 0.1) is 22.8 Å². The van der Waals surface area contributed by atoms with E-state index in [0.29, 0.717) is 0 Å². The van der Waals surface area contributed by atoms with Crippen LogP contribution in [0.5, 0.6) is 0 Å². The van der Waals surface area contributed by atoms with Crippen LogP contribution >= 0.6 is 61.8 Å². The number of anilines is 1. The predicted molar refractivity (Wildman–Crippen MR) is 88.5 cm³/mol. The monoisotopic (exact) mass is 449 g/mol. The van der Waals surface area contributed by atoms with E-state index in [9.17, 15) is 13.2 Å². The summed E-state index contributed by atoms with van der Waals surface area (Å²) in [7, 11) is -2.78. The molecule has 5 nitrogen and oxygen atoms in total. The van der Waals surface area contributed by atoms with E-state index in [0.717, 1.165) is 22.7 Å². The van der Waals surface area contributed by atoms with Gasteiger partial charge in [-0.25, -0.2) is 13.2 Å². The van der Waals surface area contributed by atoms with E-state index in [4.69, 9.17) is 23.2 Å². The van der Waals surface area contributed by atoms with Gasteiger partial charge in [0.2, 0.25) is 0 Å². The number of hydrogen-bond donors (Lipinski definition) is 1. The van der Waals surface area contributed by atoms with Crippen molar-refractivity contribution in [1.82, 2.24) is 0 Å². The SMILES string of the molecule is COC(=O)c1cscc1NS(=O)(=O)c1c(Cl)sc(Cl)c1Br. The number of methoxy groups -OCH3 is 1. The van der Waals surface area contributed by atoms with Gasteiger partial charge in [-0.15, -0.1) is 22.7 Å². The number of sulfonamides is 1. The fourth-order valence-corrected chi connectivity index (χ4v) is 6.86. The number of nitrogens with one attached hydrogen (secondary N) is 1. The van der Waals surface area contributed by atoms with E-state index < -0.39 is 16.0 Å². The first-order valence-electron chi connectivity index (χ1n) is 5.08. The van der Waals surface area contributed by atoms with E-state index in [1.54, 1.807) is 0 Å². The molecule has 0 atom stereocenters. The van der Waals surface area contributed by atoms with Gasteiger partial charge in [0.1, 0.15) is 13.6 Å². The van der Waals surface area contributed by atoms with Gasteiger partial charge in [-0.2, -0.15) is 0 Å². The molecular weight excluding hydrogens is 445 g/mol. The first-order chi connectivity index (χ1) is 9.77. The summed E-state index contributed by atoms with van der Waals surface area (Å²) in [6.45, 7) is 0. The van der Waals surface area contributed by atoms with Gasteiger partial charge in [-0.1, -0.05) is 23.2 Å². The van der Waals surface area contributed by atoms with Crippen molar-refractivity contribution in [2.75, 3.05) is 11.8 Å². The van der Waals surface area contributed by atoms with Crippen LogP contribution in [0.3, 0.4) is 0 Å². The zero-order valence-electron chi connectivity index (χ0n) is 10.1. The van der Waals surface area contributed by atoms with Gasteiger partial charge in [0.25, 0.3) is 10.0 Å². The quantitative estimate of drug-likeness (QED) is 0.697. The van der Waals surface area contributed by atoms with Gasteiger partial charge in [-0.05, 0) is 15.9 Å². The maximum atomic E-state index is 12.4. The largest absolute Gasteiger partial charge is 0.465 e. The Morgan fingerprint density at radius 1 is 1.33 bits per heavy atom. The molecule has 1 N–H and O–H groups in total. The standard InChI is InChI=1S/C10H6BrCl2NO4S3/c1-18-10(15)4-2-19-3-5(4)14-21(16,17)7-6(11)8(12)20-9(7)13/h2-3,14H,1H3. The van der Waals surface area contributed by atoms with E-state index in [1.807, 2.05) is 0 Å². The van der Waals surface area contributed by atoms with Gasteiger partial charge < -0.3 is 4.74 Å². The Kier molecular flexibility index (Phi) is 5.22. The Labute approximate surface area is 147 Å². The molecule has 2 aromatic heterocycles. The summed E-state index contributed by atoms with van der Waals surface area (Å²) in [4.78, 5) is 11.4. The van der Waals surface area contributed by atoms with Crippen molar-refractivity contribution in [1.29, 1.82) is 0 Å². The van der Waals surface area contributed by atoms with Crippen LogP contribution in [0.1, 0.15) is 10.4 Å². The lowest BCUT2D eigenvalue weighted by atomic mass is 10.3. The third-order valence-electron chi connectivity index (χ3n) is 2.31. The molecule has 11 heteroatoms. The highest BCUT2D eigenvalue weighted by atomic mass is 79.9. The minimum absolute atomic E-state index is 0.0224. The maximum absolute atomic E-state index is 12.4. The summed E-state index contributed by atoms with van der Waals surface area (Å²) < 4.78 is 32.1. The van der Waals surface area contributed by atoms with Gasteiger partial charge in [0.15, 0.2) is 0 Å². The van der Waals surface area contributed by atoms with Crippen molar-refractivity contribution in [2.24, 2.45) is 0 Å². The van der Waals surface area contributed by atoms with E-state index in [1.165, 1.54) is 17.9 Å². The molecule has 0 amide bonds. The molecule has 0 unspecified atom stereocenters. The molecule has 0 bridgehead atoms. The smallest absolute Gasteiger partial charge is 0.340 e. The average molecular weight is 451 g/mol. The van der Waals surface area contributed by atoms with Crippen molar-refractivity contribution >= 4 is 83.5 Å². The molecule has 0 spiro atoms.